The van der Waals surface area contributed by atoms with E-state index in [-0.39, 0.29) is 21.1 Å². The predicted octanol–water partition coefficient (Wildman–Crippen LogP) is 5.16. The Balaban J connectivity index is 0.00000274. The van der Waals surface area contributed by atoms with Crippen molar-refractivity contribution in [3.05, 3.63) is 107 Å². The molecule has 5 rings (SSSR count). The molecule has 7 heteroatoms. The molecular weight excluding hydrogens is 611 g/mol. The van der Waals surface area contributed by atoms with Crippen LogP contribution in [0.1, 0.15) is 61.9 Å². The van der Waals surface area contributed by atoms with E-state index in [1.165, 1.54) is 0 Å². The van der Waals surface area contributed by atoms with Crippen LogP contribution in [0.25, 0.3) is 0 Å². The Morgan fingerprint density at radius 2 is 1.68 bits per heavy atom. The molecule has 0 N–H and O–H groups in total. The van der Waals surface area contributed by atoms with Crippen molar-refractivity contribution in [1.82, 2.24) is 9.97 Å². The van der Waals surface area contributed by atoms with Crippen LogP contribution in [0.4, 0.5) is 0 Å². The number of aromatic nitrogens is 2. The number of hydrogen-bond donors (Lipinski definition) is 0. The maximum Gasteiger partial charge on any atom is 2.00 e. The molecular formula is C27H26N2O4Pt. The van der Waals surface area contributed by atoms with E-state index in [2.05, 4.69) is 31.0 Å². The standard InChI is InChI=1S/C27H26N2O4.Pt/c1-25(2,19-9-6-5-7-10-19)22-18-31-24(29-22)27(32-15-16-33-27)21-12-8-11-20(17-21)26(3,4)23-28-13-14-30-23;/h5-9,11-14,18H,15-16H2,1-4H3;/q-2;+2. The third-order valence-electron chi connectivity index (χ3n) is 6.29. The van der Waals surface area contributed by atoms with Crippen molar-refractivity contribution in [3.63, 3.8) is 0 Å². The molecule has 0 radical (unpaired) electrons. The van der Waals surface area contributed by atoms with Crippen molar-refractivity contribution < 1.29 is 39.4 Å². The summed E-state index contributed by atoms with van der Waals surface area (Å²) in [5.41, 5.74) is 2.48. The van der Waals surface area contributed by atoms with Gasteiger partial charge in [-0.25, -0.2) is 9.97 Å². The summed E-state index contributed by atoms with van der Waals surface area (Å²) in [5, 5.41) is 0. The molecule has 0 amide bonds. The Kier molecular flexibility index (Phi) is 6.69. The minimum Gasteiger partial charge on any atom is -0.448 e. The van der Waals surface area contributed by atoms with Crippen molar-refractivity contribution in [3.8, 4) is 0 Å². The Morgan fingerprint density at radius 1 is 0.912 bits per heavy atom. The Morgan fingerprint density at radius 3 is 2.35 bits per heavy atom. The van der Waals surface area contributed by atoms with E-state index < -0.39 is 16.6 Å². The molecule has 0 bridgehead atoms. The smallest absolute Gasteiger partial charge is 0.448 e. The van der Waals surface area contributed by atoms with Crippen LogP contribution in [0.5, 0.6) is 0 Å². The van der Waals surface area contributed by atoms with E-state index in [0.717, 1.165) is 16.8 Å². The summed E-state index contributed by atoms with van der Waals surface area (Å²) < 4.78 is 23.9. The summed E-state index contributed by atoms with van der Waals surface area (Å²) in [6.45, 7) is 9.12. The number of ether oxygens (including phenoxy) is 2. The molecule has 1 aliphatic heterocycles. The van der Waals surface area contributed by atoms with Gasteiger partial charge in [0.25, 0.3) is 11.7 Å². The molecule has 4 aromatic rings. The summed E-state index contributed by atoms with van der Waals surface area (Å²) in [6.07, 6.45) is 4.89. The average Bonchev–Trinajstić information content (AvgIpc) is 3.61. The van der Waals surface area contributed by atoms with Gasteiger partial charge in [0.1, 0.15) is 12.5 Å². The van der Waals surface area contributed by atoms with Gasteiger partial charge in [-0.05, 0) is 13.8 Å². The van der Waals surface area contributed by atoms with Crippen LogP contribution in [0.3, 0.4) is 0 Å². The van der Waals surface area contributed by atoms with Gasteiger partial charge in [0.05, 0.1) is 25.1 Å². The molecule has 34 heavy (non-hydrogen) atoms. The number of benzene rings is 2. The first-order valence-corrected chi connectivity index (χ1v) is 11.0. The van der Waals surface area contributed by atoms with Crippen molar-refractivity contribution in [2.24, 2.45) is 0 Å². The summed E-state index contributed by atoms with van der Waals surface area (Å²) in [6, 6.07) is 20.5. The Labute approximate surface area is 214 Å². The molecule has 0 saturated carbocycles. The molecule has 0 aliphatic carbocycles. The van der Waals surface area contributed by atoms with Crippen LogP contribution in [0.2, 0.25) is 0 Å². The molecule has 2 aromatic carbocycles. The molecule has 1 saturated heterocycles. The number of nitrogens with zero attached hydrogens (tertiary/aromatic N) is 2. The zero-order valence-corrected chi connectivity index (χ0v) is 21.8. The molecule has 3 heterocycles. The van der Waals surface area contributed by atoms with Crippen LogP contribution >= 0.6 is 0 Å². The van der Waals surface area contributed by atoms with Crippen molar-refractivity contribution >= 4 is 0 Å². The number of oxazole rings is 2. The first kappa shape index (κ1) is 24.6. The van der Waals surface area contributed by atoms with Crippen LogP contribution in [0, 0.1) is 12.1 Å². The number of rotatable bonds is 6. The van der Waals surface area contributed by atoms with E-state index in [1.54, 1.807) is 18.7 Å². The fourth-order valence-corrected chi connectivity index (χ4v) is 4.11. The molecule has 178 valence electrons. The van der Waals surface area contributed by atoms with Gasteiger partial charge in [-0.3, -0.25) is 0 Å². The molecule has 6 nitrogen and oxygen atoms in total. The molecule has 0 unspecified atom stereocenters. The molecule has 0 atom stereocenters. The van der Waals surface area contributed by atoms with Crippen LogP contribution in [0.15, 0.2) is 70.0 Å². The quantitative estimate of drug-likeness (QED) is 0.272. The normalized spacial score (nSPS) is 15.8. The Hall–Kier alpha value is -2.53. The van der Waals surface area contributed by atoms with Gasteiger partial charge in [-0.1, -0.05) is 19.4 Å². The van der Waals surface area contributed by atoms with Crippen LogP contribution in [-0.4, -0.2) is 23.2 Å². The van der Waals surface area contributed by atoms with Crippen molar-refractivity contribution in [2.75, 3.05) is 13.2 Å². The maximum atomic E-state index is 6.15. The molecule has 0 spiro atoms. The third kappa shape index (κ3) is 4.08. The van der Waals surface area contributed by atoms with Crippen molar-refractivity contribution in [2.45, 2.75) is 44.3 Å². The molecule has 1 aliphatic rings. The van der Waals surface area contributed by atoms with Crippen LogP contribution < -0.4 is 0 Å². The minimum atomic E-state index is -1.27. The first-order valence-electron chi connectivity index (χ1n) is 11.0. The van der Waals surface area contributed by atoms with Gasteiger partial charge in [-0.15, -0.1) is 5.56 Å². The fraction of sp³-hybridized carbons (Fsp3) is 0.333. The Bertz CT molecular complexity index is 1230. The monoisotopic (exact) mass is 637 g/mol. The molecule has 1 fully saturated rings. The van der Waals surface area contributed by atoms with Gasteiger partial charge in [0, 0.05) is 10.8 Å². The average molecular weight is 638 g/mol. The van der Waals surface area contributed by atoms with Gasteiger partial charge < -0.3 is 18.3 Å². The van der Waals surface area contributed by atoms with E-state index in [4.69, 9.17) is 23.3 Å². The molecule has 2 aromatic heterocycles. The largest absolute Gasteiger partial charge is 2.00 e. The maximum absolute atomic E-state index is 6.15. The van der Waals surface area contributed by atoms with Gasteiger partial charge in [0.15, 0.2) is 0 Å². The summed E-state index contributed by atoms with van der Waals surface area (Å²) >= 11 is 0. The van der Waals surface area contributed by atoms with Gasteiger partial charge in [-0.2, -0.15) is 60.2 Å². The predicted molar refractivity (Wildman–Crippen MR) is 121 cm³/mol. The first-order chi connectivity index (χ1) is 15.8. The SMILES string of the molecule is CC(C)(c1[c-]cccc1)c1coc(C2(c3[c-]c(C(C)(C)c4ncco4)ccc3)OCCO2)n1.[Pt+2]. The topological polar surface area (TPSA) is 70.5 Å². The van der Waals surface area contributed by atoms with Gasteiger partial charge in [0.2, 0.25) is 5.89 Å². The second-order valence-corrected chi connectivity index (χ2v) is 9.19. The van der Waals surface area contributed by atoms with E-state index in [1.807, 2.05) is 56.3 Å². The number of hydrogen-bond acceptors (Lipinski definition) is 6. The second-order valence-electron chi connectivity index (χ2n) is 9.19. The summed E-state index contributed by atoms with van der Waals surface area (Å²) in [7, 11) is 0. The summed E-state index contributed by atoms with van der Waals surface area (Å²) in [4.78, 5) is 9.19. The van der Waals surface area contributed by atoms with Gasteiger partial charge >= 0.3 is 21.1 Å². The van der Waals surface area contributed by atoms with E-state index >= 15 is 0 Å². The zero-order valence-electron chi connectivity index (χ0n) is 19.5. The third-order valence-corrected chi connectivity index (χ3v) is 6.29. The summed E-state index contributed by atoms with van der Waals surface area (Å²) in [5.74, 6) is -0.309. The second kappa shape index (κ2) is 9.25. The van der Waals surface area contributed by atoms with Crippen molar-refractivity contribution in [1.29, 1.82) is 0 Å². The minimum absolute atomic E-state index is 0. The fourth-order valence-electron chi connectivity index (χ4n) is 4.11. The van der Waals surface area contributed by atoms with E-state index in [0.29, 0.717) is 30.6 Å². The zero-order chi connectivity index (χ0) is 23.1. The van der Waals surface area contributed by atoms with E-state index in [9.17, 15) is 0 Å². The van der Waals surface area contributed by atoms with Crippen LogP contribution in [-0.2, 0) is 47.2 Å².